The predicted octanol–water partition coefficient (Wildman–Crippen LogP) is 0.628. The van der Waals surface area contributed by atoms with Gasteiger partial charge in [0.2, 0.25) is 17.7 Å². The Balaban J connectivity index is 1.66. The van der Waals surface area contributed by atoms with Crippen LogP contribution in [0, 0.1) is 11.8 Å². The van der Waals surface area contributed by atoms with Crippen molar-refractivity contribution in [2.45, 2.75) is 63.4 Å². The molecule has 4 amide bonds. The van der Waals surface area contributed by atoms with Crippen molar-refractivity contribution in [1.82, 2.24) is 21.3 Å². The van der Waals surface area contributed by atoms with Crippen LogP contribution in [0.1, 0.15) is 42.6 Å². The molecule has 1 aliphatic carbocycles. The van der Waals surface area contributed by atoms with Gasteiger partial charge in [-0.2, -0.15) is 0 Å². The average molecular weight is 523 g/mol. The van der Waals surface area contributed by atoms with E-state index in [0.29, 0.717) is 0 Å². The van der Waals surface area contributed by atoms with Crippen LogP contribution in [-0.4, -0.2) is 64.1 Å². The van der Waals surface area contributed by atoms with Gasteiger partial charge in [0.15, 0.2) is 0 Å². The summed E-state index contributed by atoms with van der Waals surface area (Å²) in [7, 11) is 0. The van der Waals surface area contributed by atoms with Gasteiger partial charge in [-0.25, -0.2) is 0 Å². The number of amides is 4. The molecule has 10 nitrogen and oxygen atoms in total. The molecule has 1 aliphatic heterocycles. The maximum absolute atomic E-state index is 13.6. The second-order valence-corrected chi connectivity index (χ2v) is 10.2. The van der Waals surface area contributed by atoms with Gasteiger partial charge in [0.05, 0.1) is 29.7 Å². The summed E-state index contributed by atoms with van der Waals surface area (Å²) in [5.74, 6) is -3.50. The van der Waals surface area contributed by atoms with Crippen molar-refractivity contribution in [3.05, 3.63) is 65.7 Å². The molecule has 38 heavy (non-hydrogen) atoms. The van der Waals surface area contributed by atoms with Crippen LogP contribution in [0.3, 0.4) is 0 Å². The van der Waals surface area contributed by atoms with E-state index in [4.69, 9.17) is 0 Å². The van der Waals surface area contributed by atoms with Crippen molar-refractivity contribution in [3.63, 3.8) is 0 Å². The van der Waals surface area contributed by atoms with Crippen LogP contribution in [0.5, 0.6) is 5.75 Å². The van der Waals surface area contributed by atoms with Gasteiger partial charge < -0.3 is 31.5 Å². The maximum Gasteiger partial charge on any atom is 0.255 e. The number of carbonyl (C=O) groups is 4. The number of carbonyl (C=O) groups excluding carboxylic acids is 4. The highest BCUT2D eigenvalue weighted by molar-refractivity contribution is 6.00. The normalized spacial score (nSPS) is 28.7. The Morgan fingerprint density at radius 1 is 0.895 bits per heavy atom. The highest BCUT2D eigenvalue weighted by atomic mass is 16.3. The van der Waals surface area contributed by atoms with E-state index in [9.17, 15) is 29.4 Å². The Labute approximate surface area is 221 Å². The third kappa shape index (κ3) is 6.31. The first-order valence-corrected chi connectivity index (χ1v) is 12.9. The van der Waals surface area contributed by atoms with Crippen molar-refractivity contribution in [1.29, 1.82) is 0 Å². The van der Waals surface area contributed by atoms with Crippen LogP contribution in [0.4, 0.5) is 0 Å². The smallest absolute Gasteiger partial charge is 0.255 e. The number of nitrogens with one attached hydrogen (secondary N) is 4. The predicted molar refractivity (Wildman–Crippen MR) is 139 cm³/mol. The summed E-state index contributed by atoms with van der Waals surface area (Å²) in [5, 5.41) is 32.4. The molecule has 6 atom stereocenters. The minimum Gasteiger partial charge on any atom is -0.507 e. The fourth-order valence-electron chi connectivity index (χ4n) is 4.71. The zero-order valence-electron chi connectivity index (χ0n) is 21.4. The van der Waals surface area contributed by atoms with E-state index in [1.807, 2.05) is 30.3 Å². The van der Waals surface area contributed by atoms with E-state index < -0.39 is 59.8 Å². The van der Waals surface area contributed by atoms with E-state index in [1.54, 1.807) is 26.0 Å². The summed E-state index contributed by atoms with van der Waals surface area (Å²) < 4.78 is 0. The van der Waals surface area contributed by atoms with Crippen molar-refractivity contribution < 1.29 is 29.4 Å². The molecule has 2 aromatic rings. The quantitative estimate of drug-likeness (QED) is 0.338. The topological polar surface area (TPSA) is 157 Å². The minimum atomic E-state index is -1.27. The molecule has 1 heterocycles. The van der Waals surface area contributed by atoms with Gasteiger partial charge in [-0.15, -0.1) is 0 Å². The maximum atomic E-state index is 13.6. The third-order valence-corrected chi connectivity index (χ3v) is 7.23. The van der Waals surface area contributed by atoms with Crippen molar-refractivity contribution in [2.24, 2.45) is 11.8 Å². The first kappa shape index (κ1) is 27.1. The number of phenolic OH excluding ortho intramolecular Hbond substituents is 1. The van der Waals surface area contributed by atoms with Crippen molar-refractivity contribution >= 4 is 23.6 Å². The van der Waals surface area contributed by atoms with Crippen molar-refractivity contribution in [3.8, 4) is 5.75 Å². The van der Waals surface area contributed by atoms with Gasteiger partial charge in [0, 0.05) is 0 Å². The number of hydrogen-bond donors (Lipinski definition) is 6. The number of aromatic hydroxyl groups is 1. The van der Waals surface area contributed by atoms with Gasteiger partial charge in [0.1, 0.15) is 17.8 Å². The number of hydrogen-bond acceptors (Lipinski definition) is 6. The first-order chi connectivity index (χ1) is 18.2. The summed E-state index contributed by atoms with van der Waals surface area (Å²) in [6, 6.07) is 11.4. The zero-order chi connectivity index (χ0) is 27.4. The second-order valence-electron chi connectivity index (χ2n) is 10.2. The molecule has 10 heteroatoms. The van der Waals surface area contributed by atoms with Gasteiger partial charge in [-0.1, -0.05) is 49.4 Å². The van der Waals surface area contributed by atoms with Crippen LogP contribution in [0.15, 0.2) is 54.6 Å². The SMILES string of the molecule is C[C@H]1NC(=O)C(C2CC2)NC(=O)[C@H](C)[C@H](O)[C@H](Cc2ccccc2)NC(=O)[C@H]1NC(=O)c1ccccc1O. The Morgan fingerprint density at radius 3 is 2.21 bits per heavy atom. The lowest BCUT2D eigenvalue weighted by Gasteiger charge is -2.34. The standard InChI is InChI=1S/C28H34N4O6/c1-15-24(34)20(14-17-8-4-3-5-9-17)30-27(37)22(31-26(36)19-10-6-7-11-21(19)33)16(2)29-28(38)23(18-12-13-18)32-25(15)35/h3-11,15-16,18,20,22-24,33-34H,12-14H2,1-2H3,(H,29,38)(H,30,37)(H,31,36)(H,32,35)/t15-,16-,20+,22+,23?,24+/m1/s1. The van der Waals surface area contributed by atoms with Crippen LogP contribution in [-0.2, 0) is 20.8 Å². The Bertz CT molecular complexity index is 1180. The molecule has 6 N–H and O–H groups in total. The van der Waals surface area contributed by atoms with Gasteiger partial charge in [-0.3, -0.25) is 19.2 Å². The number of benzene rings is 2. The Hall–Kier alpha value is -3.92. The lowest BCUT2D eigenvalue weighted by molar-refractivity contribution is -0.136. The number of rotatable bonds is 5. The molecule has 0 aromatic heterocycles. The first-order valence-electron chi connectivity index (χ1n) is 12.9. The summed E-state index contributed by atoms with van der Waals surface area (Å²) in [6.45, 7) is 3.13. The molecule has 1 saturated heterocycles. The summed E-state index contributed by atoms with van der Waals surface area (Å²) >= 11 is 0. The second kappa shape index (κ2) is 11.6. The molecule has 1 unspecified atom stereocenters. The van der Waals surface area contributed by atoms with E-state index in [-0.39, 0.29) is 23.7 Å². The number of aliphatic hydroxyl groups excluding tert-OH is 1. The largest absolute Gasteiger partial charge is 0.507 e. The summed E-state index contributed by atoms with van der Waals surface area (Å²) in [6.07, 6.45) is 0.507. The molecular weight excluding hydrogens is 488 g/mol. The monoisotopic (exact) mass is 522 g/mol. The molecule has 0 spiro atoms. The Kier molecular flexibility index (Phi) is 8.31. The van der Waals surface area contributed by atoms with Crippen LogP contribution >= 0.6 is 0 Å². The van der Waals surface area contributed by atoms with Crippen LogP contribution in [0.25, 0.3) is 0 Å². The highest BCUT2D eigenvalue weighted by Crippen LogP contribution is 2.33. The Morgan fingerprint density at radius 2 is 1.55 bits per heavy atom. The van der Waals surface area contributed by atoms with Gasteiger partial charge in [-0.05, 0) is 49.8 Å². The molecule has 0 bridgehead atoms. The molecule has 1 saturated carbocycles. The molecule has 0 radical (unpaired) electrons. The molecule has 2 fully saturated rings. The van der Waals surface area contributed by atoms with E-state index >= 15 is 0 Å². The molecule has 4 rings (SSSR count). The highest BCUT2D eigenvalue weighted by Gasteiger charge is 2.42. The van der Waals surface area contributed by atoms with Gasteiger partial charge >= 0.3 is 0 Å². The minimum absolute atomic E-state index is 0.0254. The molecule has 2 aromatic carbocycles. The fraction of sp³-hybridized carbons (Fsp3) is 0.429. The lowest BCUT2D eigenvalue weighted by Crippen LogP contribution is -2.64. The molecule has 202 valence electrons. The van der Waals surface area contributed by atoms with Crippen LogP contribution in [0.2, 0.25) is 0 Å². The zero-order valence-corrected chi connectivity index (χ0v) is 21.4. The number of aliphatic hydroxyl groups is 1. The molecular formula is C28H34N4O6. The summed E-state index contributed by atoms with van der Waals surface area (Å²) in [4.78, 5) is 52.8. The fourth-order valence-corrected chi connectivity index (χ4v) is 4.71. The van der Waals surface area contributed by atoms with E-state index in [1.165, 1.54) is 12.1 Å². The third-order valence-electron chi connectivity index (χ3n) is 7.23. The van der Waals surface area contributed by atoms with Gasteiger partial charge in [0.25, 0.3) is 5.91 Å². The van der Waals surface area contributed by atoms with Crippen molar-refractivity contribution in [2.75, 3.05) is 0 Å². The number of para-hydroxylation sites is 1. The summed E-state index contributed by atoms with van der Waals surface area (Å²) in [5.41, 5.74) is 0.811. The van der Waals surface area contributed by atoms with E-state index in [2.05, 4.69) is 21.3 Å². The average Bonchev–Trinajstić information content (AvgIpc) is 3.74. The number of phenols is 1. The molecule has 2 aliphatic rings. The van der Waals surface area contributed by atoms with Crippen LogP contribution < -0.4 is 21.3 Å². The lowest BCUT2D eigenvalue weighted by atomic mass is 9.91. The van der Waals surface area contributed by atoms with E-state index in [0.717, 1.165) is 18.4 Å².